The Morgan fingerprint density at radius 3 is 2.25 bits per heavy atom. The molecule has 8 heteroatoms. The van der Waals surface area contributed by atoms with E-state index in [1.165, 1.54) is 30.3 Å². The van der Waals surface area contributed by atoms with Crippen molar-refractivity contribution in [3.05, 3.63) is 53.7 Å². The fraction of sp³-hybridized carbons (Fsp3) is 0.0833. The molecule has 0 N–H and O–H groups in total. The molecule has 0 aliphatic carbocycles. The Morgan fingerprint density at radius 1 is 1.10 bits per heavy atom. The molecule has 0 amide bonds. The lowest BCUT2D eigenvalue weighted by atomic mass is 10.4. The maximum atomic E-state index is 13.1. The van der Waals surface area contributed by atoms with Gasteiger partial charge in [0, 0.05) is 6.20 Å². The zero-order chi connectivity index (χ0) is 14.8. The van der Waals surface area contributed by atoms with Gasteiger partial charge in [-0.25, -0.2) is 13.4 Å². The van der Waals surface area contributed by atoms with Gasteiger partial charge in [0.25, 0.3) is 10.0 Å². The maximum Gasteiger partial charge on any atom is 0.329 e. The number of benzene rings is 1. The van der Waals surface area contributed by atoms with Crippen LogP contribution in [-0.4, -0.2) is 20.0 Å². The fourth-order valence-corrected chi connectivity index (χ4v) is 2.94. The normalized spacial score (nSPS) is 11.6. The van der Waals surface area contributed by atoms with Crippen LogP contribution in [0.5, 0.6) is 0 Å². The second kappa shape index (κ2) is 5.72. The topological polar surface area (TPSA) is 50.3 Å². The molecule has 0 radical (unpaired) electrons. The lowest BCUT2D eigenvalue weighted by molar-refractivity contribution is 0.161. The number of halogens is 3. The molecule has 2 rings (SSSR count). The summed E-state index contributed by atoms with van der Waals surface area (Å²) >= 11 is 5.61. The molecule has 0 atom stereocenters. The van der Waals surface area contributed by atoms with Crippen LogP contribution in [0, 0.1) is 0 Å². The van der Waals surface area contributed by atoms with Crippen LogP contribution in [-0.2, 0) is 10.0 Å². The molecule has 1 heterocycles. The van der Waals surface area contributed by atoms with Crippen molar-refractivity contribution in [1.29, 1.82) is 0 Å². The van der Waals surface area contributed by atoms with Crippen molar-refractivity contribution in [2.75, 3.05) is 4.31 Å². The molecule has 0 aliphatic rings. The summed E-state index contributed by atoms with van der Waals surface area (Å²) in [6, 6.07) is 9.37. The Balaban J connectivity index is 2.52. The molecular formula is C12H9ClF2N2O2S. The van der Waals surface area contributed by atoms with Gasteiger partial charge < -0.3 is 0 Å². The van der Waals surface area contributed by atoms with Crippen molar-refractivity contribution in [1.82, 2.24) is 4.98 Å². The zero-order valence-corrected chi connectivity index (χ0v) is 11.5. The van der Waals surface area contributed by atoms with Gasteiger partial charge in [-0.1, -0.05) is 29.8 Å². The van der Waals surface area contributed by atoms with Crippen molar-refractivity contribution in [3.8, 4) is 0 Å². The Labute approximate surface area is 119 Å². The van der Waals surface area contributed by atoms with Crippen LogP contribution in [0.3, 0.4) is 0 Å². The minimum absolute atomic E-state index is 0.0430. The van der Waals surface area contributed by atoms with Gasteiger partial charge in [0.15, 0.2) is 0 Å². The van der Waals surface area contributed by atoms with Gasteiger partial charge in [0.05, 0.1) is 9.92 Å². The first kappa shape index (κ1) is 14.7. The molecule has 0 saturated carbocycles. The summed E-state index contributed by atoms with van der Waals surface area (Å²) in [4.78, 5) is 3.39. The van der Waals surface area contributed by atoms with Crippen LogP contribution >= 0.6 is 11.6 Å². The van der Waals surface area contributed by atoms with Crippen LogP contribution < -0.4 is 4.31 Å². The molecule has 0 unspecified atom stereocenters. The van der Waals surface area contributed by atoms with E-state index in [-0.39, 0.29) is 14.2 Å². The lowest BCUT2D eigenvalue weighted by Crippen LogP contribution is -2.36. The third-order valence-electron chi connectivity index (χ3n) is 2.41. The summed E-state index contributed by atoms with van der Waals surface area (Å²) in [6.07, 6.45) is 1.10. The SMILES string of the molecule is O=S(=O)(c1ccccc1)N(c1ccc(Cl)cn1)C(F)F. The van der Waals surface area contributed by atoms with Crippen molar-refractivity contribution in [2.24, 2.45) is 0 Å². The Bertz CT molecular complexity index is 678. The molecule has 1 aromatic heterocycles. The van der Waals surface area contributed by atoms with Crippen molar-refractivity contribution in [3.63, 3.8) is 0 Å². The number of aromatic nitrogens is 1. The van der Waals surface area contributed by atoms with Crippen molar-refractivity contribution < 1.29 is 17.2 Å². The van der Waals surface area contributed by atoms with Crippen LogP contribution in [0.15, 0.2) is 53.6 Å². The Kier molecular flexibility index (Phi) is 4.20. The summed E-state index contributed by atoms with van der Waals surface area (Å²) in [5.41, 5.74) is 0. The van der Waals surface area contributed by atoms with Gasteiger partial charge in [-0.15, -0.1) is 0 Å². The summed E-state index contributed by atoms with van der Waals surface area (Å²) in [7, 11) is -4.39. The third-order valence-corrected chi connectivity index (χ3v) is 4.37. The van der Waals surface area contributed by atoms with Crippen LogP contribution in [0.25, 0.3) is 0 Å². The highest BCUT2D eigenvalue weighted by molar-refractivity contribution is 7.92. The molecule has 2 aromatic rings. The highest BCUT2D eigenvalue weighted by atomic mass is 35.5. The smallest absolute Gasteiger partial charge is 0.237 e. The minimum Gasteiger partial charge on any atom is -0.237 e. The molecule has 0 bridgehead atoms. The summed E-state index contributed by atoms with van der Waals surface area (Å²) in [6.45, 7) is -3.26. The number of pyridine rings is 1. The summed E-state index contributed by atoms with van der Waals surface area (Å²) < 4.78 is 50.7. The Hall–Kier alpha value is -1.73. The van der Waals surface area contributed by atoms with Crippen LogP contribution in [0.1, 0.15) is 0 Å². The van der Waals surface area contributed by atoms with Gasteiger partial charge in [-0.2, -0.15) is 13.1 Å². The third kappa shape index (κ3) is 2.88. The number of nitrogens with zero attached hydrogens (tertiary/aromatic N) is 2. The monoisotopic (exact) mass is 318 g/mol. The molecule has 1 aromatic carbocycles. The van der Waals surface area contributed by atoms with Crippen LogP contribution in [0.2, 0.25) is 5.02 Å². The van der Waals surface area contributed by atoms with E-state index in [0.29, 0.717) is 0 Å². The van der Waals surface area contributed by atoms with Gasteiger partial charge in [-0.05, 0) is 24.3 Å². The highest BCUT2D eigenvalue weighted by Gasteiger charge is 2.32. The predicted octanol–water partition coefficient (Wildman–Crippen LogP) is 3.15. The second-order valence-corrected chi connectivity index (χ2v) is 5.98. The van der Waals surface area contributed by atoms with E-state index in [2.05, 4.69) is 4.98 Å². The minimum atomic E-state index is -4.39. The number of rotatable bonds is 4. The van der Waals surface area contributed by atoms with E-state index in [9.17, 15) is 17.2 Å². The molecule has 0 saturated heterocycles. The molecule has 0 spiro atoms. The van der Waals surface area contributed by atoms with E-state index in [0.717, 1.165) is 12.3 Å². The first-order valence-corrected chi connectivity index (χ1v) is 7.24. The number of anilines is 1. The van der Waals surface area contributed by atoms with E-state index in [1.54, 1.807) is 6.07 Å². The number of hydrogen-bond donors (Lipinski definition) is 0. The quantitative estimate of drug-likeness (QED) is 0.814. The number of alkyl halides is 2. The van der Waals surface area contributed by atoms with E-state index in [4.69, 9.17) is 11.6 Å². The first-order valence-electron chi connectivity index (χ1n) is 5.42. The number of hydrogen-bond acceptors (Lipinski definition) is 3. The summed E-state index contributed by atoms with van der Waals surface area (Å²) in [5, 5.41) is 0.222. The van der Waals surface area contributed by atoms with Gasteiger partial charge >= 0.3 is 6.55 Å². The number of sulfonamides is 1. The van der Waals surface area contributed by atoms with E-state index < -0.39 is 22.4 Å². The highest BCUT2D eigenvalue weighted by Crippen LogP contribution is 2.26. The molecule has 20 heavy (non-hydrogen) atoms. The molecule has 0 fully saturated rings. The first-order chi connectivity index (χ1) is 9.43. The second-order valence-electron chi connectivity index (χ2n) is 3.73. The largest absolute Gasteiger partial charge is 0.329 e. The molecule has 0 aliphatic heterocycles. The van der Waals surface area contributed by atoms with Gasteiger partial charge in [0.1, 0.15) is 5.82 Å². The average Bonchev–Trinajstić information content (AvgIpc) is 2.41. The standard InChI is InChI=1S/C12H9ClF2N2O2S/c13-9-6-7-11(16-8-9)17(12(14)15)20(18,19)10-4-2-1-3-5-10/h1-8,12H. The molecular weight excluding hydrogens is 310 g/mol. The molecule has 106 valence electrons. The zero-order valence-electron chi connectivity index (χ0n) is 9.95. The van der Waals surface area contributed by atoms with Crippen LogP contribution in [0.4, 0.5) is 14.6 Å². The predicted molar refractivity (Wildman–Crippen MR) is 71.4 cm³/mol. The fourth-order valence-electron chi connectivity index (χ4n) is 1.53. The average molecular weight is 319 g/mol. The van der Waals surface area contributed by atoms with Crippen molar-refractivity contribution in [2.45, 2.75) is 11.4 Å². The Morgan fingerprint density at radius 2 is 1.75 bits per heavy atom. The lowest BCUT2D eigenvalue weighted by Gasteiger charge is -2.22. The van der Waals surface area contributed by atoms with Gasteiger partial charge in [-0.3, -0.25) is 0 Å². The van der Waals surface area contributed by atoms with E-state index in [1.807, 2.05) is 0 Å². The maximum absolute atomic E-state index is 13.1. The van der Waals surface area contributed by atoms with Gasteiger partial charge in [0.2, 0.25) is 0 Å². The van der Waals surface area contributed by atoms with E-state index >= 15 is 0 Å². The van der Waals surface area contributed by atoms with Crippen molar-refractivity contribution >= 4 is 27.4 Å². The molecule has 4 nitrogen and oxygen atoms in total. The summed E-state index contributed by atoms with van der Waals surface area (Å²) in [5.74, 6) is -0.395.